The van der Waals surface area contributed by atoms with Crippen LogP contribution in [0.5, 0.6) is 6.01 Å². The second-order valence-corrected chi connectivity index (χ2v) is 13.5. The first-order valence-electron chi connectivity index (χ1n) is 14.2. The van der Waals surface area contributed by atoms with Crippen LogP contribution in [0.3, 0.4) is 0 Å². The van der Waals surface area contributed by atoms with Gasteiger partial charge in [0.2, 0.25) is 0 Å². The van der Waals surface area contributed by atoms with E-state index in [9.17, 15) is 22.0 Å². The Hall–Kier alpha value is -3.39. The summed E-state index contributed by atoms with van der Waals surface area (Å²) in [6.45, 7) is 1.12. The Labute approximate surface area is 245 Å². The Morgan fingerprint density at radius 1 is 1.09 bits per heavy atom. The van der Waals surface area contributed by atoms with Crippen LogP contribution in [0.4, 0.5) is 37.3 Å². The molecule has 2 atom stereocenters. The third kappa shape index (κ3) is 4.15. The highest BCUT2D eigenvalue weighted by Gasteiger charge is 2.57. The minimum atomic E-state index is -4.98. The van der Waals surface area contributed by atoms with Crippen molar-refractivity contribution in [3.8, 4) is 17.1 Å². The molecule has 0 unspecified atom stereocenters. The molecule has 0 amide bonds. The minimum Gasteiger partial charge on any atom is -0.461 e. The van der Waals surface area contributed by atoms with E-state index in [0.717, 1.165) is 68.2 Å². The van der Waals surface area contributed by atoms with Crippen LogP contribution in [0.25, 0.3) is 32.2 Å². The van der Waals surface area contributed by atoms with E-state index in [1.165, 1.54) is 0 Å². The summed E-state index contributed by atoms with van der Waals surface area (Å²) in [5.41, 5.74) is 2.02. The Bertz CT molecular complexity index is 1800. The topological polar surface area (TPSA) is 89.2 Å². The van der Waals surface area contributed by atoms with E-state index in [2.05, 4.69) is 20.3 Å². The van der Waals surface area contributed by atoms with E-state index in [1.54, 1.807) is 0 Å². The Kier molecular flexibility index (Phi) is 5.73. The summed E-state index contributed by atoms with van der Waals surface area (Å²) in [6, 6.07) is 2.66. The summed E-state index contributed by atoms with van der Waals surface area (Å²) in [7, 11) is 0. The van der Waals surface area contributed by atoms with Gasteiger partial charge in [0.15, 0.2) is 10.9 Å². The number of fused-ring (bicyclic) bond motifs is 3. The van der Waals surface area contributed by atoms with E-state index < -0.39 is 40.6 Å². The zero-order valence-electron chi connectivity index (χ0n) is 22.7. The molecule has 0 radical (unpaired) electrons. The average molecular weight is 621 g/mol. The maximum Gasteiger partial charge on any atom is 0.417 e. The van der Waals surface area contributed by atoms with Crippen molar-refractivity contribution in [2.75, 3.05) is 30.7 Å². The molecular formula is C29H26F6N6OS. The van der Waals surface area contributed by atoms with Gasteiger partial charge in [0, 0.05) is 35.0 Å². The number of aromatic nitrogens is 3. The molecule has 2 aliphatic heterocycles. The van der Waals surface area contributed by atoms with Crippen LogP contribution in [0.2, 0.25) is 0 Å². The number of nitrogens with zero attached hydrogens (tertiary/aromatic N) is 4. The molecule has 4 heterocycles. The number of ether oxygens (including phenoxy) is 1. The molecule has 0 spiro atoms. The molecule has 2 aromatic carbocycles. The molecule has 3 saturated carbocycles. The fourth-order valence-electron chi connectivity index (χ4n) is 7.58. The lowest BCUT2D eigenvalue weighted by molar-refractivity contribution is -0.137. The molecule has 7 nitrogen and oxygen atoms in total. The number of alkyl halides is 4. The Balaban J connectivity index is 1.30. The minimum absolute atomic E-state index is 0.0480. The molecule has 3 N–H and O–H groups in total. The predicted molar refractivity (Wildman–Crippen MR) is 150 cm³/mol. The SMILES string of the molecule is Nc1nc2c(-c3c(C(F)(F)F)cc4c(NC56CC(C5)C6)nc(OC[C@@]56CCCN5C[C@H](F)C6)nc4c3F)ccc(F)c2s1. The van der Waals surface area contributed by atoms with Gasteiger partial charge in [0.25, 0.3) is 0 Å². The molecule has 14 heteroatoms. The number of halogens is 6. The number of benzene rings is 2. The molecule has 5 aliphatic rings. The van der Waals surface area contributed by atoms with Crippen LogP contribution in [0.15, 0.2) is 18.2 Å². The number of nitrogen functional groups attached to an aromatic ring is 1. The van der Waals surface area contributed by atoms with Crippen molar-refractivity contribution in [2.45, 2.75) is 62.0 Å². The smallest absolute Gasteiger partial charge is 0.417 e. The molecule has 5 fully saturated rings. The highest BCUT2D eigenvalue weighted by Crippen LogP contribution is 2.59. The first-order valence-corrected chi connectivity index (χ1v) is 15.0. The number of hydrogen-bond acceptors (Lipinski definition) is 8. The molecule has 2 saturated heterocycles. The van der Waals surface area contributed by atoms with Crippen molar-refractivity contribution in [3.63, 3.8) is 0 Å². The lowest BCUT2D eigenvalue weighted by Crippen LogP contribution is -2.63. The number of nitrogens with two attached hydrogens (primary N) is 1. The van der Waals surface area contributed by atoms with Gasteiger partial charge in [-0.3, -0.25) is 4.90 Å². The lowest BCUT2D eigenvalue weighted by Gasteiger charge is -2.62. The molecule has 2 aromatic heterocycles. The van der Waals surface area contributed by atoms with Crippen LogP contribution < -0.4 is 15.8 Å². The van der Waals surface area contributed by atoms with E-state index >= 15 is 4.39 Å². The predicted octanol–water partition coefficient (Wildman–Crippen LogP) is 6.71. The summed E-state index contributed by atoms with van der Waals surface area (Å²) in [5.74, 6) is -1.39. The molecule has 2 bridgehead atoms. The second-order valence-electron chi connectivity index (χ2n) is 12.4. The maximum absolute atomic E-state index is 16.6. The average Bonchev–Trinajstić information content (AvgIpc) is 3.56. The van der Waals surface area contributed by atoms with Gasteiger partial charge in [0.05, 0.1) is 21.3 Å². The van der Waals surface area contributed by atoms with Crippen LogP contribution in [0.1, 0.15) is 44.1 Å². The van der Waals surface area contributed by atoms with E-state index in [1.807, 2.05) is 4.90 Å². The van der Waals surface area contributed by atoms with E-state index in [0.29, 0.717) is 18.9 Å². The summed E-state index contributed by atoms with van der Waals surface area (Å²) in [4.78, 5) is 14.8. The van der Waals surface area contributed by atoms with Crippen LogP contribution in [-0.2, 0) is 6.18 Å². The number of rotatable bonds is 6. The summed E-state index contributed by atoms with van der Waals surface area (Å²) in [5, 5.41) is 3.06. The fraction of sp³-hybridized carbons (Fsp3) is 0.483. The summed E-state index contributed by atoms with van der Waals surface area (Å²) >= 11 is 0.762. The Morgan fingerprint density at radius 2 is 1.88 bits per heavy atom. The lowest BCUT2D eigenvalue weighted by atomic mass is 9.50. The van der Waals surface area contributed by atoms with Crippen LogP contribution in [0, 0.1) is 17.6 Å². The zero-order valence-corrected chi connectivity index (χ0v) is 23.5. The Morgan fingerprint density at radius 3 is 2.60 bits per heavy atom. The number of nitrogens with one attached hydrogen (secondary N) is 1. The van der Waals surface area contributed by atoms with E-state index in [4.69, 9.17) is 10.5 Å². The quantitative estimate of drug-likeness (QED) is 0.232. The number of hydrogen-bond donors (Lipinski definition) is 2. The van der Waals surface area contributed by atoms with Crippen molar-refractivity contribution in [3.05, 3.63) is 35.4 Å². The molecule has 3 aliphatic carbocycles. The van der Waals surface area contributed by atoms with Gasteiger partial charge in [-0.1, -0.05) is 11.3 Å². The third-order valence-electron chi connectivity index (χ3n) is 9.65. The van der Waals surface area contributed by atoms with Crippen molar-refractivity contribution in [1.82, 2.24) is 19.9 Å². The van der Waals surface area contributed by atoms with Crippen molar-refractivity contribution in [1.29, 1.82) is 0 Å². The first kappa shape index (κ1) is 27.2. The highest BCUT2D eigenvalue weighted by molar-refractivity contribution is 7.22. The van der Waals surface area contributed by atoms with Gasteiger partial charge in [0.1, 0.15) is 29.9 Å². The van der Waals surface area contributed by atoms with Gasteiger partial charge in [-0.2, -0.15) is 23.1 Å². The van der Waals surface area contributed by atoms with Gasteiger partial charge in [-0.25, -0.2) is 18.2 Å². The summed E-state index contributed by atoms with van der Waals surface area (Å²) < 4.78 is 95.2. The van der Waals surface area contributed by atoms with Crippen LogP contribution >= 0.6 is 11.3 Å². The molecule has 4 aromatic rings. The van der Waals surface area contributed by atoms with Crippen LogP contribution in [-0.4, -0.2) is 56.8 Å². The maximum atomic E-state index is 16.6. The zero-order chi connectivity index (χ0) is 29.9. The standard InChI is InChI=1S/C29H26F6N6OS/c30-14-10-28(4-1-5-41(28)11-14)12-42-26-38-21-16(24(39-26)40-27-7-13(8-27)9-27)6-17(29(33,34)35)19(20(21)32)15-2-3-18(31)23-22(15)37-25(36)43-23/h2-3,6,13-14H,1,4-5,7-12H2,(H2,36,37)(H,38,39,40)/t13?,14-,27?,28+/m1/s1. The molecular weight excluding hydrogens is 594 g/mol. The number of anilines is 2. The van der Waals surface area contributed by atoms with Crippen molar-refractivity contribution in [2.24, 2.45) is 5.92 Å². The van der Waals surface area contributed by atoms with Gasteiger partial charge < -0.3 is 15.8 Å². The van der Waals surface area contributed by atoms with Gasteiger partial charge in [-0.15, -0.1) is 0 Å². The second kappa shape index (κ2) is 9.07. The monoisotopic (exact) mass is 620 g/mol. The number of thiazole rings is 1. The molecule has 9 rings (SSSR count). The third-order valence-corrected chi connectivity index (χ3v) is 10.5. The van der Waals surface area contributed by atoms with Crippen molar-refractivity contribution < 1.29 is 31.1 Å². The van der Waals surface area contributed by atoms with Gasteiger partial charge >= 0.3 is 12.2 Å². The molecule has 43 heavy (non-hydrogen) atoms. The largest absolute Gasteiger partial charge is 0.461 e. The molecule has 226 valence electrons. The summed E-state index contributed by atoms with van der Waals surface area (Å²) in [6.07, 6.45) is -1.54. The first-order chi connectivity index (χ1) is 20.4. The fourth-order valence-corrected chi connectivity index (χ4v) is 8.34. The van der Waals surface area contributed by atoms with E-state index in [-0.39, 0.29) is 55.8 Å². The van der Waals surface area contributed by atoms with Gasteiger partial charge in [-0.05, 0) is 62.8 Å². The van der Waals surface area contributed by atoms with Crippen molar-refractivity contribution >= 4 is 43.4 Å². The highest BCUT2D eigenvalue weighted by atomic mass is 32.1. The normalized spacial score (nSPS) is 28.2.